The highest BCUT2D eigenvalue weighted by Gasteiger charge is 2.25. The molecule has 2 aromatic carbocycles. The highest BCUT2D eigenvalue weighted by Crippen LogP contribution is 2.25. The number of hydrogen-bond donors (Lipinski definition) is 1. The fourth-order valence-electron chi connectivity index (χ4n) is 4.84. The average Bonchev–Trinajstić information content (AvgIpc) is 3.23. The van der Waals surface area contributed by atoms with Gasteiger partial charge in [0.1, 0.15) is 0 Å². The molecule has 0 radical (unpaired) electrons. The fraction of sp³-hybridized carbons (Fsp3) is 0.462. The molecule has 1 N–H and O–H groups in total. The number of nitrogens with zero attached hydrogens (tertiary/aromatic N) is 3. The number of carbonyl (C=O) groups is 2. The van der Waals surface area contributed by atoms with Crippen molar-refractivity contribution < 1.29 is 14.7 Å². The largest absolute Gasteiger partial charge is 0.390 e. The number of likely N-dealkylation sites (N-methyl/N-ethyl adjacent to an activating group) is 1. The van der Waals surface area contributed by atoms with Gasteiger partial charge in [0.15, 0.2) is 0 Å². The molecule has 1 atom stereocenters. The summed E-state index contributed by atoms with van der Waals surface area (Å²) < 4.78 is 0. The van der Waals surface area contributed by atoms with Gasteiger partial charge in [-0.3, -0.25) is 14.5 Å². The highest BCUT2D eigenvalue weighted by molar-refractivity contribution is 5.98. The van der Waals surface area contributed by atoms with E-state index in [1.165, 1.54) is 11.1 Å². The molecule has 0 spiro atoms. The van der Waals surface area contributed by atoms with Crippen molar-refractivity contribution in [1.82, 2.24) is 9.80 Å². The van der Waals surface area contributed by atoms with Crippen molar-refractivity contribution in [2.24, 2.45) is 0 Å². The standard InChI is InChI=1S/C26H33N3O3/c1-3-19-15-22(29-13-6-9-25(29)31)10-11-24(19)26(32)27(2)17-23(30)18-28-14-12-20-7-4-5-8-21(20)16-28/h4-5,7-8,10-11,15,23,30H,3,6,9,12-14,16-18H2,1-2H3. The van der Waals surface area contributed by atoms with Gasteiger partial charge in [0.25, 0.3) is 5.91 Å². The Kier molecular flexibility index (Phi) is 6.92. The second-order valence-electron chi connectivity index (χ2n) is 8.94. The molecule has 2 aliphatic rings. The van der Waals surface area contributed by atoms with Crippen molar-refractivity contribution in [2.75, 3.05) is 38.1 Å². The minimum atomic E-state index is -0.610. The SMILES string of the molecule is CCc1cc(N2CCCC2=O)ccc1C(=O)N(C)CC(O)CN1CCc2ccccc2C1. The van der Waals surface area contributed by atoms with Crippen LogP contribution in [0.15, 0.2) is 42.5 Å². The van der Waals surface area contributed by atoms with Crippen LogP contribution in [0.2, 0.25) is 0 Å². The molecular weight excluding hydrogens is 402 g/mol. The number of β-amino-alcohol motifs (C(OH)–C–C–N with tert-alkyl or cyclic N) is 1. The zero-order valence-electron chi connectivity index (χ0n) is 19.1. The Hall–Kier alpha value is -2.70. The monoisotopic (exact) mass is 435 g/mol. The van der Waals surface area contributed by atoms with E-state index in [0.29, 0.717) is 24.9 Å². The molecule has 1 unspecified atom stereocenters. The number of anilines is 1. The van der Waals surface area contributed by atoms with Crippen LogP contribution in [0.4, 0.5) is 5.69 Å². The average molecular weight is 436 g/mol. The van der Waals surface area contributed by atoms with E-state index in [4.69, 9.17) is 0 Å². The second kappa shape index (κ2) is 9.84. The van der Waals surface area contributed by atoms with Gasteiger partial charge in [-0.05, 0) is 54.2 Å². The van der Waals surface area contributed by atoms with Crippen molar-refractivity contribution >= 4 is 17.5 Å². The van der Waals surface area contributed by atoms with Crippen LogP contribution in [0.3, 0.4) is 0 Å². The molecule has 1 fully saturated rings. The van der Waals surface area contributed by atoms with Gasteiger partial charge < -0.3 is 14.9 Å². The minimum absolute atomic E-state index is 0.0933. The summed E-state index contributed by atoms with van der Waals surface area (Å²) in [5.74, 6) is 0.0518. The maximum Gasteiger partial charge on any atom is 0.253 e. The first kappa shape index (κ1) is 22.5. The van der Waals surface area contributed by atoms with Crippen LogP contribution in [0.5, 0.6) is 0 Å². The van der Waals surface area contributed by atoms with Crippen LogP contribution in [0.25, 0.3) is 0 Å². The molecule has 1 saturated heterocycles. The summed E-state index contributed by atoms with van der Waals surface area (Å²) in [7, 11) is 1.74. The third kappa shape index (κ3) is 4.87. The lowest BCUT2D eigenvalue weighted by molar-refractivity contribution is -0.117. The third-order valence-corrected chi connectivity index (χ3v) is 6.60. The predicted octanol–water partition coefficient (Wildman–Crippen LogP) is 2.87. The second-order valence-corrected chi connectivity index (χ2v) is 8.94. The van der Waals surface area contributed by atoms with E-state index in [0.717, 1.165) is 43.7 Å². The summed E-state index contributed by atoms with van der Waals surface area (Å²) in [6.07, 6.45) is 2.56. The molecule has 170 valence electrons. The summed E-state index contributed by atoms with van der Waals surface area (Å²) in [6, 6.07) is 14.1. The zero-order valence-corrected chi connectivity index (χ0v) is 19.1. The number of benzene rings is 2. The van der Waals surface area contributed by atoms with Crippen LogP contribution in [-0.2, 0) is 24.2 Å². The maximum absolute atomic E-state index is 13.1. The van der Waals surface area contributed by atoms with Crippen molar-refractivity contribution in [1.29, 1.82) is 0 Å². The molecule has 2 heterocycles. The van der Waals surface area contributed by atoms with Crippen molar-refractivity contribution in [3.63, 3.8) is 0 Å². The van der Waals surface area contributed by atoms with Gasteiger partial charge in [0.2, 0.25) is 5.91 Å². The first-order valence-corrected chi connectivity index (χ1v) is 11.6. The maximum atomic E-state index is 13.1. The Balaban J connectivity index is 1.37. The van der Waals surface area contributed by atoms with Crippen molar-refractivity contribution in [3.05, 3.63) is 64.7 Å². The molecular formula is C26H33N3O3. The number of rotatable bonds is 7. The molecule has 0 bridgehead atoms. The van der Waals surface area contributed by atoms with Crippen LogP contribution in [0.1, 0.15) is 46.8 Å². The lowest BCUT2D eigenvalue weighted by Crippen LogP contribution is -2.42. The first-order valence-electron chi connectivity index (χ1n) is 11.6. The molecule has 6 heteroatoms. The number of aliphatic hydroxyl groups is 1. The molecule has 2 aliphatic heterocycles. The van der Waals surface area contributed by atoms with Gasteiger partial charge >= 0.3 is 0 Å². The molecule has 2 aromatic rings. The van der Waals surface area contributed by atoms with Gasteiger partial charge in [-0.15, -0.1) is 0 Å². The van der Waals surface area contributed by atoms with E-state index in [-0.39, 0.29) is 18.4 Å². The molecule has 2 amide bonds. The van der Waals surface area contributed by atoms with Gasteiger partial charge in [0, 0.05) is 57.4 Å². The van der Waals surface area contributed by atoms with E-state index in [2.05, 4.69) is 29.2 Å². The van der Waals surface area contributed by atoms with Crippen LogP contribution in [0, 0.1) is 0 Å². The Labute approximate surface area is 190 Å². The van der Waals surface area contributed by atoms with Gasteiger partial charge in [0.05, 0.1) is 6.10 Å². The van der Waals surface area contributed by atoms with Crippen LogP contribution in [-0.4, -0.2) is 66.1 Å². The minimum Gasteiger partial charge on any atom is -0.390 e. The number of aryl methyl sites for hydroxylation is 1. The van der Waals surface area contributed by atoms with Crippen LogP contribution < -0.4 is 4.90 Å². The Bertz CT molecular complexity index is 990. The molecule has 0 aromatic heterocycles. The fourth-order valence-corrected chi connectivity index (χ4v) is 4.84. The Morgan fingerprint density at radius 2 is 1.91 bits per heavy atom. The van der Waals surface area contributed by atoms with Crippen LogP contribution >= 0.6 is 0 Å². The number of fused-ring (bicyclic) bond motifs is 1. The topological polar surface area (TPSA) is 64.1 Å². The first-order chi connectivity index (χ1) is 15.5. The quantitative estimate of drug-likeness (QED) is 0.726. The lowest BCUT2D eigenvalue weighted by Gasteiger charge is -2.31. The molecule has 0 saturated carbocycles. The van der Waals surface area contributed by atoms with E-state index < -0.39 is 6.10 Å². The van der Waals surface area contributed by atoms with Gasteiger partial charge in [-0.25, -0.2) is 0 Å². The summed E-state index contributed by atoms with van der Waals surface area (Å²) in [5, 5.41) is 10.7. The highest BCUT2D eigenvalue weighted by atomic mass is 16.3. The van der Waals surface area contributed by atoms with E-state index in [9.17, 15) is 14.7 Å². The normalized spacial score (nSPS) is 17.3. The number of amides is 2. The smallest absolute Gasteiger partial charge is 0.253 e. The Morgan fingerprint density at radius 1 is 1.12 bits per heavy atom. The molecule has 6 nitrogen and oxygen atoms in total. The number of hydrogen-bond acceptors (Lipinski definition) is 4. The third-order valence-electron chi connectivity index (χ3n) is 6.60. The summed E-state index contributed by atoms with van der Waals surface area (Å²) in [6.45, 7) is 5.34. The van der Waals surface area contributed by atoms with Gasteiger partial charge in [-0.1, -0.05) is 31.2 Å². The summed E-state index contributed by atoms with van der Waals surface area (Å²) in [4.78, 5) is 30.9. The van der Waals surface area contributed by atoms with E-state index >= 15 is 0 Å². The lowest BCUT2D eigenvalue weighted by atomic mass is 9.99. The number of carbonyl (C=O) groups excluding carboxylic acids is 2. The van der Waals surface area contributed by atoms with Gasteiger partial charge in [-0.2, -0.15) is 0 Å². The summed E-state index contributed by atoms with van der Waals surface area (Å²) in [5.41, 5.74) is 5.15. The Morgan fingerprint density at radius 3 is 2.62 bits per heavy atom. The van der Waals surface area contributed by atoms with Crippen molar-refractivity contribution in [2.45, 2.75) is 45.3 Å². The van der Waals surface area contributed by atoms with E-state index in [1.54, 1.807) is 16.8 Å². The molecule has 32 heavy (non-hydrogen) atoms. The zero-order chi connectivity index (χ0) is 22.7. The number of aliphatic hydroxyl groups excluding tert-OH is 1. The van der Waals surface area contributed by atoms with E-state index in [1.807, 2.05) is 25.1 Å². The molecule has 4 rings (SSSR count). The van der Waals surface area contributed by atoms with Crippen molar-refractivity contribution in [3.8, 4) is 0 Å². The summed E-state index contributed by atoms with van der Waals surface area (Å²) >= 11 is 0. The predicted molar refractivity (Wildman–Crippen MR) is 126 cm³/mol. The molecule has 0 aliphatic carbocycles.